The van der Waals surface area contributed by atoms with Gasteiger partial charge in [0.25, 0.3) is 0 Å². The van der Waals surface area contributed by atoms with Crippen molar-refractivity contribution in [2.45, 2.75) is 24.9 Å². The van der Waals surface area contributed by atoms with Crippen molar-refractivity contribution in [1.29, 1.82) is 5.26 Å². The molecular formula is C12H14N2O4S. The summed E-state index contributed by atoms with van der Waals surface area (Å²) in [7, 11) is -3.84. The smallest absolute Gasteiger partial charge is 0.322 e. The summed E-state index contributed by atoms with van der Waals surface area (Å²) in [6, 6.07) is 4.61. The quantitative estimate of drug-likeness (QED) is 0.862. The van der Waals surface area contributed by atoms with E-state index in [9.17, 15) is 13.2 Å². The van der Waals surface area contributed by atoms with Gasteiger partial charge in [0.2, 0.25) is 0 Å². The number of aromatic nitrogens is 1. The van der Waals surface area contributed by atoms with E-state index in [4.69, 9.17) is 10.4 Å². The average molecular weight is 282 g/mol. The predicted octanol–water partition coefficient (Wildman–Crippen LogP) is 0.977. The minimum Gasteiger partial charge on any atom is -0.480 e. The van der Waals surface area contributed by atoms with Crippen LogP contribution in [-0.2, 0) is 20.4 Å². The molecular weight excluding hydrogens is 268 g/mol. The van der Waals surface area contributed by atoms with Crippen molar-refractivity contribution in [3.63, 3.8) is 0 Å². The molecule has 0 aliphatic heterocycles. The Morgan fingerprint density at radius 2 is 2.16 bits per heavy atom. The molecule has 0 saturated carbocycles. The highest BCUT2D eigenvalue weighted by Gasteiger charge is 2.35. The summed E-state index contributed by atoms with van der Waals surface area (Å²) in [6.07, 6.45) is 1.33. The van der Waals surface area contributed by atoms with Crippen LogP contribution in [0.4, 0.5) is 0 Å². The maximum atomic E-state index is 12.1. The van der Waals surface area contributed by atoms with Crippen molar-refractivity contribution in [1.82, 2.24) is 4.98 Å². The van der Waals surface area contributed by atoms with Gasteiger partial charge in [-0.25, -0.2) is 13.4 Å². The topological polar surface area (TPSA) is 108 Å². The van der Waals surface area contributed by atoms with Crippen molar-refractivity contribution in [2.75, 3.05) is 0 Å². The molecule has 6 nitrogen and oxygen atoms in total. The number of carboxylic acids is 1. The zero-order chi connectivity index (χ0) is 14.6. The third-order valence-corrected chi connectivity index (χ3v) is 4.80. The van der Waals surface area contributed by atoms with Crippen LogP contribution in [0.5, 0.6) is 0 Å². The second kappa shape index (κ2) is 5.80. The van der Waals surface area contributed by atoms with Gasteiger partial charge in [-0.05, 0) is 23.6 Å². The van der Waals surface area contributed by atoms with E-state index in [0.29, 0.717) is 5.56 Å². The summed E-state index contributed by atoms with van der Waals surface area (Å²) in [5, 5.41) is 16.3. The summed E-state index contributed by atoms with van der Waals surface area (Å²) in [5.41, 5.74) is 0.461. The minimum absolute atomic E-state index is 0.101. The first-order chi connectivity index (χ1) is 8.77. The summed E-state index contributed by atoms with van der Waals surface area (Å²) >= 11 is 0. The fourth-order valence-electron chi connectivity index (χ4n) is 1.80. The van der Waals surface area contributed by atoms with Crippen LogP contribution in [0.25, 0.3) is 0 Å². The van der Waals surface area contributed by atoms with Gasteiger partial charge in [-0.1, -0.05) is 13.8 Å². The van der Waals surface area contributed by atoms with Crippen molar-refractivity contribution in [3.05, 3.63) is 29.6 Å². The van der Waals surface area contributed by atoms with E-state index in [2.05, 4.69) is 4.98 Å². The first kappa shape index (κ1) is 15.1. The molecule has 1 atom stereocenters. The molecule has 19 heavy (non-hydrogen) atoms. The Morgan fingerprint density at radius 1 is 1.53 bits per heavy atom. The van der Waals surface area contributed by atoms with E-state index >= 15 is 0 Å². The van der Waals surface area contributed by atoms with E-state index in [1.54, 1.807) is 19.9 Å². The van der Waals surface area contributed by atoms with Gasteiger partial charge in [0.05, 0.1) is 5.75 Å². The summed E-state index contributed by atoms with van der Waals surface area (Å²) < 4.78 is 24.2. The van der Waals surface area contributed by atoms with Crippen LogP contribution >= 0.6 is 0 Å². The van der Waals surface area contributed by atoms with Gasteiger partial charge in [0.1, 0.15) is 11.8 Å². The number of hydrogen-bond donors (Lipinski definition) is 1. The van der Waals surface area contributed by atoms with Crippen molar-refractivity contribution in [3.8, 4) is 6.07 Å². The fourth-order valence-corrected chi connectivity index (χ4v) is 3.76. The molecule has 0 aliphatic carbocycles. The molecule has 1 aromatic rings. The van der Waals surface area contributed by atoms with E-state index in [0.717, 1.165) is 0 Å². The molecule has 1 N–H and O–H groups in total. The van der Waals surface area contributed by atoms with Gasteiger partial charge in [0.15, 0.2) is 15.1 Å². The first-order valence-electron chi connectivity index (χ1n) is 5.57. The normalized spacial score (nSPS) is 12.9. The van der Waals surface area contributed by atoms with Gasteiger partial charge in [-0.3, -0.25) is 4.79 Å². The molecule has 7 heteroatoms. The minimum atomic E-state index is -3.84. The van der Waals surface area contributed by atoms with Gasteiger partial charge >= 0.3 is 5.97 Å². The van der Waals surface area contributed by atoms with Crippen LogP contribution in [0, 0.1) is 17.2 Å². The Hall–Kier alpha value is -1.94. The molecule has 0 aliphatic rings. The van der Waals surface area contributed by atoms with Crippen LogP contribution in [-0.4, -0.2) is 29.7 Å². The van der Waals surface area contributed by atoms with Gasteiger partial charge < -0.3 is 5.11 Å². The standard InChI is InChI=1S/C12H14N2O4S/c1-8(2)11(12(15)16)19(17,18)7-9-3-4-14-10(5-9)6-13/h3-5,8,11H,7H2,1-2H3,(H,15,16). The highest BCUT2D eigenvalue weighted by atomic mass is 32.2. The van der Waals surface area contributed by atoms with Crippen molar-refractivity contribution >= 4 is 15.8 Å². The Kier molecular flexibility index (Phi) is 4.62. The number of carboxylic acid groups (broad SMARTS) is 1. The largest absolute Gasteiger partial charge is 0.480 e. The maximum Gasteiger partial charge on any atom is 0.322 e. The SMILES string of the molecule is CC(C)C(C(=O)O)S(=O)(=O)Cc1ccnc(C#N)c1. The van der Waals surface area contributed by atoms with Crippen LogP contribution in [0.15, 0.2) is 18.3 Å². The monoisotopic (exact) mass is 282 g/mol. The number of nitrogens with zero attached hydrogens (tertiary/aromatic N) is 2. The lowest BCUT2D eigenvalue weighted by Crippen LogP contribution is -2.35. The van der Waals surface area contributed by atoms with Crippen LogP contribution in [0.1, 0.15) is 25.1 Å². The van der Waals surface area contributed by atoms with Crippen molar-refractivity contribution < 1.29 is 18.3 Å². The van der Waals surface area contributed by atoms with Crippen LogP contribution in [0.3, 0.4) is 0 Å². The first-order valence-corrected chi connectivity index (χ1v) is 7.29. The van der Waals surface area contributed by atoms with E-state index in [1.165, 1.54) is 18.3 Å². The molecule has 1 rings (SSSR count). The molecule has 1 unspecified atom stereocenters. The third kappa shape index (κ3) is 3.76. The molecule has 0 saturated heterocycles. The molecule has 0 radical (unpaired) electrons. The predicted molar refractivity (Wildman–Crippen MR) is 67.8 cm³/mol. The second-order valence-corrected chi connectivity index (χ2v) is 6.59. The van der Waals surface area contributed by atoms with E-state index in [1.807, 2.05) is 0 Å². The molecule has 1 aromatic heterocycles. The number of aliphatic carboxylic acids is 1. The summed E-state index contributed by atoms with van der Waals surface area (Å²) in [4.78, 5) is 14.8. The fraction of sp³-hybridized carbons (Fsp3) is 0.417. The lowest BCUT2D eigenvalue weighted by molar-refractivity contribution is -0.137. The van der Waals surface area contributed by atoms with Gasteiger partial charge in [-0.15, -0.1) is 0 Å². The van der Waals surface area contributed by atoms with Crippen LogP contribution in [0.2, 0.25) is 0 Å². The molecule has 0 aromatic carbocycles. The Labute approximate surface area is 111 Å². The lowest BCUT2D eigenvalue weighted by Gasteiger charge is -2.16. The summed E-state index contributed by atoms with van der Waals surface area (Å²) in [6.45, 7) is 3.09. The average Bonchev–Trinajstić information content (AvgIpc) is 2.26. The number of hydrogen-bond acceptors (Lipinski definition) is 5. The second-order valence-electron chi connectivity index (χ2n) is 4.47. The van der Waals surface area contributed by atoms with E-state index in [-0.39, 0.29) is 5.69 Å². The molecule has 0 spiro atoms. The molecule has 102 valence electrons. The van der Waals surface area contributed by atoms with Crippen molar-refractivity contribution in [2.24, 2.45) is 5.92 Å². The molecule has 0 amide bonds. The Bertz CT molecular complexity index is 617. The summed E-state index contributed by atoms with van der Waals surface area (Å²) in [5.74, 6) is -2.30. The van der Waals surface area contributed by atoms with E-state index < -0.39 is 32.7 Å². The zero-order valence-electron chi connectivity index (χ0n) is 10.6. The number of pyridine rings is 1. The number of nitriles is 1. The number of carbonyl (C=O) groups is 1. The molecule has 0 fully saturated rings. The highest BCUT2D eigenvalue weighted by Crippen LogP contribution is 2.18. The maximum absolute atomic E-state index is 12.1. The molecule has 0 bridgehead atoms. The Morgan fingerprint density at radius 3 is 2.63 bits per heavy atom. The van der Waals surface area contributed by atoms with Gasteiger partial charge in [0, 0.05) is 6.20 Å². The zero-order valence-corrected chi connectivity index (χ0v) is 11.4. The Balaban J connectivity index is 3.08. The van der Waals surface area contributed by atoms with Crippen LogP contribution < -0.4 is 0 Å². The van der Waals surface area contributed by atoms with Gasteiger partial charge in [-0.2, -0.15) is 5.26 Å². The highest BCUT2D eigenvalue weighted by molar-refractivity contribution is 7.92. The number of rotatable bonds is 5. The third-order valence-electron chi connectivity index (χ3n) is 2.54. The number of sulfone groups is 1. The molecule has 1 heterocycles. The lowest BCUT2D eigenvalue weighted by atomic mass is 10.1.